The fourth-order valence-corrected chi connectivity index (χ4v) is 12.9. The lowest BCUT2D eigenvalue weighted by atomic mass is 9.91. The first-order valence-corrected chi connectivity index (χ1v) is 28.8. The van der Waals surface area contributed by atoms with Crippen molar-refractivity contribution in [3.8, 4) is 23.0 Å². The molecule has 0 spiro atoms. The number of ether oxygens (including phenoxy) is 4. The first-order chi connectivity index (χ1) is 32.6. The Morgan fingerprint density at radius 2 is 0.456 bits per heavy atom. The Labute approximate surface area is 402 Å². The molecule has 0 unspecified atom stereocenters. The molecule has 0 aliphatic heterocycles. The third kappa shape index (κ3) is 12.0. The maximum absolute atomic E-state index is 14.5. The van der Waals surface area contributed by atoms with Crippen LogP contribution in [0.2, 0.25) is 0 Å². The summed E-state index contributed by atoms with van der Waals surface area (Å²) in [4.78, 5) is 0. The average Bonchev–Trinajstić information content (AvgIpc) is 3.35. The Bertz CT molecular complexity index is 2100. The molecule has 376 valence electrons. The second kappa shape index (κ2) is 24.7. The highest BCUT2D eigenvalue weighted by Crippen LogP contribution is 2.52. The van der Waals surface area contributed by atoms with E-state index in [1.165, 1.54) is 56.9 Å². The first-order valence-electron chi connectivity index (χ1n) is 22.6. The number of rotatable bonds is 24. The Morgan fingerprint density at radius 3 is 0.574 bits per heavy atom. The van der Waals surface area contributed by atoms with E-state index >= 15 is 0 Å². The fourth-order valence-electron chi connectivity index (χ4n) is 8.15. The number of hydrogen-bond acceptors (Lipinski definition) is 16. The van der Waals surface area contributed by atoms with E-state index in [0.29, 0.717) is 120 Å². The zero-order chi connectivity index (χ0) is 49.9. The van der Waals surface area contributed by atoms with Crippen LogP contribution < -0.4 is 40.2 Å². The summed E-state index contributed by atoms with van der Waals surface area (Å²) in [5.41, 5.74) is 4.60. The van der Waals surface area contributed by atoms with Crippen molar-refractivity contribution < 1.29 is 73.4 Å². The van der Waals surface area contributed by atoms with Gasteiger partial charge >= 0.3 is 30.4 Å². The molecule has 16 nitrogen and oxygen atoms in total. The molecule has 0 radical (unpaired) electrons. The minimum absolute atomic E-state index is 0.0840. The Morgan fingerprint density at radius 1 is 0.309 bits per heavy atom. The van der Waals surface area contributed by atoms with Crippen molar-refractivity contribution in [3.63, 3.8) is 0 Å². The van der Waals surface area contributed by atoms with Crippen LogP contribution in [0.1, 0.15) is 97.9 Å². The van der Waals surface area contributed by atoms with Crippen molar-refractivity contribution in [2.45, 2.75) is 79.1 Å². The first kappa shape index (κ1) is 55.6. The van der Waals surface area contributed by atoms with E-state index in [1.54, 1.807) is 48.5 Å². The molecule has 5 rings (SSSR count). The van der Waals surface area contributed by atoms with E-state index in [1.807, 2.05) is 27.7 Å². The van der Waals surface area contributed by atoms with Gasteiger partial charge in [-0.25, -0.2) is 0 Å². The smallest absolute Gasteiger partial charge is 0.360 e. The summed E-state index contributed by atoms with van der Waals surface area (Å²) >= 11 is 0. The lowest BCUT2D eigenvalue weighted by molar-refractivity contribution is 0.286. The highest BCUT2D eigenvalue weighted by atomic mass is 31.2. The van der Waals surface area contributed by atoms with Crippen LogP contribution in [0.4, 0.5) is 0 Å². The van der Waals surface area contributed by atoms with Crippen LogP contribution in [-0.2, 0) is 80.1 Å². The van der Waals surface area contributed by atoms with Crippen LogP contribution in [0.25, 0.3) is 0 Å². The maximum atomic E-state index is 14.5. The van der Waals surface area contributed by atoms with Gasteiger partial charge < -0.3 is 55.1 Å². The minimum Gasteiger partial charge on any atom is -0.493 e. The lowest BCUT2D eigenvalue weighted by Crippen LogP contribution is -2.19. The zero-order valence-electron chi connectivity index (χ0n) is 41.4. The molecule has 68 heavy (non-hydrogen) atoms. The van der Waals surface area contributed by atoms with E-state index in [2.05, 4.69) is 0 Å². The van der Waals surface area contributed by atoms with Crippen LogP contribution >= 0.6 is 30.4 Å². The molecule has 0 N–H and O–H groups in total. The van der Waals surface area contributed by atoms with Crippen LogP contribution in [-0.4, -0.2) is 83.3 Å². The Kier molecular flexibility index (Phi) is 20.2. The number of hydrogen-bond donors (Lipinski definition) is 0. The monoisotopic (exact) mass is 1020 g/mol. The molecule has 1 aliphatic carbocycles. The molecule has 4 aromatic carbocycles. The van der Waals surface area contributed by atoms with Crippen LogP contribution in [0, 0.1) is 0 Å². The fraction of sp³-hybridized carbons (Fsp3) is 0.500. The molecule has 0 atom stereocenters. The van der Waals surface area contributed by atoms with Gasteiger partial charge in [0.15, 0.2) is 0 Å². The molecule has 20 heteroatoms. The summed E-state index contributed by atoms with van der Waals surface area (Å²) in [5.74, 6) is 1.91. The number of fused-ring (bicyclic) bond motifs is 8. The topological polar surface area (TPSA) is 179 Å². The van der Waals surface area contributed by atoms with Gasteiger partial charge in [0.1, 0.15) is 23.0 Å². The molecular formula is C48H68O16P4. The van der Waals surface area contributed by atoms with Crippen molar-refractivity contribution >= 4 is 51.6 Å². The van der Waals surface area contributed by atoms with Crippen molar-refractivity contribution in [1.29, 1.82) is 0 Å². The summed E-state index contributed by atoms with van der Waals surface area (Å²) in [6, 6.07) is 13.8. The molecule has 4 aromatic rings. The van der Waals surface area contributed by atoms with Gasteiger partial charge in [-0.15, -0.1) is 0 Å². The molecule has 8 bridgehead atoms. The van der Waals surface area contributed by atoms with Gasteiger partial charge in [-0.3, -0.25) is 18.3 Å². The van der Waals surface area contributed by atoms with Gasteiger partial charge in [-0.2, -0.15) is 0 Å². The van der Waals surface area contributed by atoms with Crippen molar-refractivity contribution in [3.05, 3.63) is 93.0 Å². The molecule has 0 heterocycles. The molecule has 1 aliphatic rings. The molecular weight excluding hydrogens is 956 g/mol. The van der Waals surface area contributed by atoms with Gasteiger partial charge in [-0.05, 0) is 119 Å². The van der Waals surface area contributed by atoms with Gasteiger partial charge in [0, 0.05) is 82.6 Å². The van der Waals surface area contributed by atoms with E-state index in [-0.39, 0.29) is 46.9 Å². The lowest BCUT2D eigenvalue weighted by Gasteiger charge is -2.26. The predicted octanol–water partition coefficient (Wildman–Crippen LogP) is 9.96. The van der Waals surface area contributed by atoms with E-state index in [4.69, 9.17) is 55.1 Å². The molecule has 0 fully saturated rings. The highest BCUT2D eigenvalue weighted by molar-refractivity contribution is 7.63. The summed E-state index contributed by atoms with van der Waals surface area (Å²) in [6.45, 7) is 9.23. The Hall–Kier alpha value is -3.32. The maximum Gasteiger partial charge on any atom is 0.360 e. The van der Waals surface area contributed by atoms with E-state index in [9.17, 15) is 18.3 Å². The third-order valence-corrected chi connectivity index (χ3v) is 18.8. The quantitative estimate of drug-likeness (QED) is 0.0533. The SMILES string of the molecule is CCCOc1c2cc(P(=O)(OC)OC)cc1Cc1cc(P(=O)(OC)OC)cc(c1OCCC)Cc1cc(P(=O)(OC)OC)cc(c1OCCC)Cc1cc(P(=O)(OC)OC)cc(c1OCCC)C2. The Balaban J connectivity index is 2.11. The second-order valence-electron chi connectivity index (χ2n) is 15.9. The highest BCUT2D eigenvalue weighted by Gasteiger charge is 2.35. The summed E-state index contributed by atoms with van der Waals surface area (Å²) in [7, 11) is -5.20. The van der Waals surface area contributed by atoms with Crippen molar-refractivity contribution in [1.82, 2.24) is 0 Å². The van der Waals surface area contributed by atoms with Crippen LogP contribution in [0.5, 0.6) is 23.0 Å². The molecule has 0 aromatic heterocycles. The molecule has 0 amide bonds. The van der Waals surface area contributed by atoms with Crippen LogP contribution in [0.3, 0.4) is 0 Å². The van der Waals surface area contributed by atoms with E-state index < -0.39 is 30.4 Å². The molecule has 0 saturated heterocycles. The summed E-state index contributed by atoms with van der Waals surface area (Å²) < 4.78 is 130. The normalized spacial score (nSPS) is 13.4. The van der Waals surface area contributed by atoms with Crippen LogP contribution in [0.15, 0.2) is 48.5 Å². The van der Waals surface area contributed by atoms with Crippen molar-refractivity contribution in [2.24, 2.45) is 0 Å². The summed E-state index contributed by atoms with van der Waals surface area (Å²) in [5, 5.41) is 0.989. The average molecular weight is 1020 g/mol. The minimum atomic E-state index is -3.94. The van der Waals surface area contributed by atoms with Gasteiger partial charge in [0.05, 0.1) is 47.6 Å². The summed E-state index contributed by atoms with van der Waals surface area (Å²) in [6.07, 6.45) is 2.95. The number of benzene rings is 4. The van der Waals surface area contributed by atoms with Crippen molar-refractivity contribution in [2.75, 3.05) is 83.3 Å². The van der Waals surface area contributed by atoms with Gasteiger partial charge in [-0.1, -0.05) is 27.7 Å². The largest absolute Gasteiger partial charge is 0.493 e. The third-order valence-electron chi connectivity index (χ3n) is 11.4. The van der Waals surface area contributed by atoms with E-state index in [0.717, 1.165) is 0 Å². The second-order valence-corrected chi connectivity index (χ2v) is 24.9. The van der Waals surface area contributed by atoms with Gasteiger partial charge in [0.2, 0.25) is 0 Å². The van der Waals surface area contributed by atoms with Gasteiger partial charge in [0.25, 0.3) is 0 Å². The predicted molar refractivity (Wildman–Crippen MR) is 265 cm³/mol. The standard InChI is InChI=1S/C48H68O16P4/c1-13-17-61-45-33-21-35-27-42(66(50,55-7)56-8)29-37(46(35)62-18-14-2)23-39-31-44(68(52,59-11)60-12)32-40(48(39)64-20-16-4)24-38-30-43(67(51,57-9)58-10)28-36(47(38)63-19-15-3)22-34(45)26-41(25-33)65(49,53-5)54-6/h25-32H,13-24H2,1-12H3. The molecule has 0 saturated carbocycles. The zero-order valence-corrected chi connectivity index (χ0v) is 45.0.